The average molecular weight is 264 g/mol. The Kier molecular flexibility index (Phi) is 3.95. The third-order valence-corrected chi connectivity index (χ3v) is 3.71. The average Bonchev–Trinajstić information content (AvgIpc) is 2.77. The molecule has 104 valence electrons. The van der Waals surface area contributed by atoms with Crippen molar-refractivity contribution < 1.29 is 14.3 Å². The van der Waals surface area contributed by atoms with Crippen LogP contribution >= 0.6 is 0 Å². The third kappa shape index (κ3) is 2.38. The maximum atomic E-state index is 12.6. The van der Waals surface area contributed by atoms with Crippen LogP contribution in [0.2, 0.25) is 0 Å². The zero-order chi connectivity index (χ0) is 14.0. The molecule has 1 aliphatic heterocycles. The minimum absolute atomic E-state index is 0.0422. The van der Waals surface area contributed by atoms with E-state index < -0.39 is 0 Å². The van der Waals surface area contributed by atoms with Crippen molar-refractivity contribution in [1.82, 2.24) is 4.90 Å². The number of carbonyl (C=O) groups excluding carboxylic acids is 1. The van der Waals surface area contributed by atoms with Crippen molar-refractivity contribution >= 4 is 5.91 Å². The van der Waals surface area contributed by atoms with Crippen molar-refractivity contribution in [2.75, 3.05) is 20.8 Å². The van der Waals surface area contributed by atoms with Gasteiger partial charge in [-0.25, -0.2) is 0 Å². The van der Waals surface area contributed by atoms with Crippen LogP contribution in [0.1, 0.15) is 23.7 Å². The van der Waals surface area contributed by atoms with Crippen molar-refractivity contribution in [3.05, 3.63) is 23.8 Å². The number of para-hydroxylation sites is 1. The molecular weight excluding hydrogens is 244 g/mol. The van der Waals surface area contributed by atoms with Gasteiger partial charge in [0, 0.05) is 18.6 Å². The fraction of sp³-hybridized carbons (Fsp3) is 0.500. The predicted molar refractivity (Wildman–Crippen MR) is 72.6 cm³/mol. The molecule has 19 heavy (non-hydrogen) atoms. The maximum absolute atomic E-state index is 12.6. The molecule has 0 aliphatic carbocycles. The molecule has 2 rings (SSSR count). The SMILES string of the molecule is COc1cccc(C(=O)N2CCC(N)C2C)c1OC. The van der Waals surface area contributed by atoms with Gasteiger partial charge in [-0.2, -0.15) is 0 Å². The Morgan fingerprint density at radius 3 is 2.63 bits per heavy atom. The van der Waals surface area contributed by atoms with Gasteiger partial charge in [-0.05, 0) is 25.5 Å². The molecule has 0 radical (unpaired) electrons. The molecule has 2 unspecified atom stereocenters. The van der Waals surface area contributed by atoms with Crippen molar-refractivity contribution in [2.24, 2.45) is 5.73 Å². The molecule has 1 amide bonds. The van der Waals surface area contributed by atoms with Gasteiger partial charge in [0.1, 0.15) is 0 Å². The zero-order valence-electron chi connectivity index (χ0n) is 11.6. The van der Waals surface area contributed by atoms with E-state index in [0.717, 1.165) is 6.42 Å². The molecule has 2 N–H and O–H groups in total. The molecule has 1 aromatic carbocycles. The largest absolute Gasteiger partial charge is 0.493 e. The first-order valence-corrected chi connectivity index (χ1v) is 6.37. The van der Waals surface area contributed by atoms with Crippen molar-refractivity contribution in [3.63, 3.8) is 0 Å². The summed E-state index contributed by atoms with van der Waals surface area (Å²) in [6.45, 7) is 2.66. The molecule has 2 atom stereocenters. The number of rotatable bonds is 3. The quantitative estimate of drug-likeness (QED) is 0.892. The molecule has 1 aromatic rings. The van der Waals surface area contributed by atoms with Crippen molar-refractivity contribution in [1.29, 1.82) is 0 Å². The third-order valence-electron chi connectivity index (χ3n) is 3.71. The standard InChI is InChI=1S/C14H20N2O3/c1-9-11(15)7-8-16(9)14(17)10-5-4-6-12(18-2)13(10)19-3/h4-6,9,11H,7-8,15H2,1-3H3. The first-order valence-electron chi connectivity index (χ1n) is 6.37. The van der Waals surface area contributed by atoms with E-state index >= 15 is 0 Å². The monoisotopic (exact) mass is 264 g/mol. The molecule has 1 aliphatic rings. The van der Waals surface area contributed by atoms with Crippen LogP contribution in [0.25, 0.3) is 0 Å². The minimum atomic E-state index is -0.0591. The molecule has 1 saturated heterocycles. The summed E-state index contributed by atoms with van der Waals surface area (Å²) < 4.78 is 10.5. The van der Waals surface area contributed by atoms with Crippen LogP contribution in [0.3, 0.4) is 0 Å². The Morgan fingerprint density at radius 2 is 2.11 bits per heavy atom. The maximum Gasteiger partial charge on any atom is 0.258 e. The summed E-state index contributed by atoms with van der Waals surface area (Å²) in [5, 5.41) is 0. The van der Waals surface area contributed by atoms with E-state index in [1.165, 1.54) is 7.11 Å². The van der Waals surface area contributed by atoms with E-state index in [-0.39, 0.29) is 18.0 Å². The van der Waals surface area contributed by atoms with E-state index in [1.54, 1.807) is 30.2 Å². The van der Waals surface area contributed by atoms with Gasteiger partial charge in [-0.1, -0.05) is 6.07 Å². The number of nitrogens with zero attached hydrogens (tertiary/aromatic N) is 1. The Labute approximate surface area is 113 Å². The van der Waals surface area contributed by atoms with E-state index in [1.807, 2.05) is 6.92 Å². The number of nitrogens with two attached hydrogens (primary N) is 1. The van der Waals surface area contributed by atoms with Gasteiger partial charge in [0.25, 0.3) is 5.91 Å². The van der Waals surface area contributed by atoms with Crippen LogP contribution in [0.5, 0.6) is 11.5 Å². The van der Waals surface area contributed by atoms with E-state index in [9.17, 15) is 4.79 Å². The molecule has 0 spiro atoms. The molecule has 5 nitrogen and oxygen atoms in total. The van der Waals surface area contributed by atoms with E-state index in [2.05, 4.69) is 0 Å². The number of carbonyl (C=O) groups is 1. The minimum Gasteiger partial charge on any atom is -0.493 e. The highest BCUT2D eigenvalue weighted by molar-refractivity contribution is 5.98. The van der Waals surface area contributed by atoms with Crippen LogP contribution < -0.4 is 15.2 Å². The Bertz CT molecular complexity index is 476. The lowest BCUT2D eigenvalue weighted by molar-refractivity contribution is 0.0738. The highest BCUT2D eigenvalue weighted by Crippen LogP contribution is 2.32. The lowest BCUT2D eigenvalue weighted by Crippen LogP contribution is -2.40. The second-order valence-electron chi connectivity index (χ2n) is 4.73. The number of benzene rings is 1. The summed E-state index contributed by atoms with van der Waals surface area (Å²) in [6.07, 6.45) is 0.833. The number of methoxy groups -OCH3 is 2. The summed E-state index contributed by atoms with van der Waals surface area (Å²) in [5.41, 5.74) is 6.48. The van der Waals surface area contributed by atoms with E-state index in [4.69, 9.17) is 15.2 Å². The summed E-state index contributed by atoms with van der Waals surface area (Å²) >= 11 is 0. The zero-order valence-corrected chi connectivity index (χ0v) is 11.6. The fourth-order valence-electron chi connectivity index (χ4n) is 2.46. The summed E-state index contributed by atoms with van der Waals surface area (Å²) in [6, 6.07) is 5.40. The van der Waals surface area contributed by atoms with Crippen LogP contribution in [-0.4, -0.2) is 43.7 Å². The number of ether oxygens (including phenoxy) is 2. The summed E-state index contributed by atoms with van der Waals surface area (Å²) in [4.78, 5) is 14.4. The van der Waals surface area contributed by atoms with Crippen LogP contribution in [0, 0.1) is 0 Å². The van der Waals surface area contributed by atoms with Gasteiger partial charge in [0.15, 0.2) is 11.5 Å². The van der Waals surface area contributed by atoms with Crippen LogP contribution in [-0.2, 0) is 0 Å². The predicted octanol–water partition coefficient (Wildman–Crippen LogP) is 1.27. The summed E-state index contributed by atoms with van der Waals surface area (Å²) in [5.74, 6) is 0.975. The highest BCUT2D eigenvalue weighted by atomic mass is 16.5. The van der Waals surface area contributed by atoms with Gasteiger partial charge < -0.3 is 20.1 Å². The Hall–Kier alpha value is -1.75. The lowest BCUT2D eigenvalue weighted by atomic mass is 10.1. The van der Waals surface area contributed by atoms with Crippen molar-refractivity contribution in [3.8, 4) is 11.5 Å². The number of hydrogen-bond acceptors (Lipinski definition) is 4. The van der Waals surface area contributed by atoms with Crippen molar-refractivity contribution in [2.45, 2.75) is 25.4 Å². The first-order chi connectivity index (χ1) is 9.10. The van der Waals surface area contributed by atoms with Gasteiger partial charge in [0.05, 0.1) is 19.8 Å². The van der Waals surface area contributed by atoms with Gasteiger partial charge in [-0.3, -0.25) is 4.79 Å². The first kappa shape index (κ1) is 13.7. The van der Waals surface area contributed by atoms with E-state index in [0.29, 0.717) is 23.6 Å². The molecular formula is C14H20N2O3. The molecule has 0 aromatic heterocycles. The second-order valence-corrected chi connectivity index (χ2v) is 4.73. The number of hydrogen-bond donors (Lipinski definition) is 1. The second kappa shape index (κ2) is 5.48. The van der Waals surface area contributed by atoms with Gasteiger partial charge >= 0.3 is 0 Å². The van der Waals surface area contributed by atoms with Gasteiger partial charge in [0.2, 0.25) is 0 Å². The summed E-state index contributed by atoms with van der Waals surface area (Å²) in [7, 11) is 3.09. The normalized spacial score (nSPS) is 22.4. The smallest absolute Gasteiger partial charge is 0.258 e. The van der Waals surface area contributed by atoms with Gasteiger partial charge in [-0.15, -0.1) is 0 Å². The molecule has 0 bridgehead atoms. The lowest BCUT2D eigenvalue weighted by Gasteiger charge is -2.24. The van der Waals surface area contributed by atoms with Crippen LogP contribution in [0.15, 0.2) is 18.2 Å². The Balaban J connectivity index is 2.34. The highest BCUT2D eigenvalue weighted by Gasteiger charge is 2.33. The number of amides is 1. The molecule has 1 heterocycles. The fourth-order valence-corrected chi connectivity index (χ4v) is 2.46. The molecule has 0 saturated carbocycles. The Morgan fingerprint density at radius 1 is 1.37 bits per heavy atom. The topological polar surface area (TPSA) is 64.8 Å². The molecule has 5 heteroatoms. The number of likely N-dealkylation sites (tertiary alicyclic amines) is 1. The molecule has 1 fully saturated rings. The van der Waals surface area contributed by atoms with Crippen LogP contribution in [0.4, 0.5) is 0 Å².